The molecule has 2 aromatic rings. The molecule has 0 aliphatic carbocycles. The topological polar surface area (TPSA) is 111 Å². The molecule has 0 bridgehead atoms. The van der Waals surface area contributed by atoms with E-state index in [4.69, 9.17) is 28.8 Å². The Kier molecular flexibility index (Phi) is 10.2. The normalized spacial score (nSPS) is 14.8. The summed E-state index contributed by atoms with van der Waals surface area (Å²) in [7, 11) is 7.83. The average Bonchev–Trinajstić information content (AvgIpc) is 3.38. The van der Waals surface area contributed by atoms with Gasteiger partial charge in [0, 0.05) is 37.2 Å². The highest BCUT2D eigenvalue weighted by atomic mass is 16.5. The van der Waals surface area contributed by atoms with Crippen molar-refractivity contribution >= 4 is 17.6 Å². The van der Waals surface area contributed by atoms with Gasteiger partial charge < -0.3 is 33.9 Å². The lowest BCUT2D eigenvalue weighted by Gasteiger charge is -2.30. The number of hydrogen-bond acceptors (Lipinski definition) is 8. The van der Waals surface area contributed by atoms with E-state index in [0.717, 1.165) is 11.1 Å². The monoisotopic (exact) mass is 556 g/mol. The van der Waals surface area contributed by atoms with E-state index in [0.29, 0.717) is 35.1 Å². The van der Waals surface area contributed by atoms with E-state index in [1.54, 1.807) is 47.7 Å². The maximum atomic E-state index is 13.8. The van der Waals surface area contributed by atoms with Crippen LogP contribution in [0.4, 0.5) is 4.79 Å². The lowest BCUT2D eigenvalue weighted by Crippen LogP contribution is -2.52. The predicted octanol–water partition coefficient (Wildman–Crippen LogP) is 3.86. The molecule has 40 heavy (non-hydrogen) atoms. The number of carbonyl (C=O) groups excluding carboxylic acids is 2. The number of urea groups is 1. The molecular formula is C29H40N4O7. The Balaban J connectivity index is 2.01. The second-order valence-electron chi connectivity index (χ2n) is 10.3. The van der Waals surface area contributed by atoms with Gasteiger partial charge in [-0.1, -0.05) is 6.07 Å². The minimum atomic E-state index is -0.475. The smallest absolute Gasteiger partial charge is 0.318 e. The molecule has 2 aromatic carbocycles. The summed E-state index contributed by atoms with van der Waals surface area (Å²) in [6.45, 7) is 5.98. The van der Waals surface area contributed by atoms with Crippen molar-refractivity contribution in [3.63, 3.8) is 0 Å². The fourth-order valence-corrected chi connectivity index (χ4v) is 4.35. The molecule has 0 spiro atoms. The van der Waals surface area contributed by atoms with Crippen molar-refractivity contribution in [2.75, 3.05) is 55.2 Å². The summed E-state index contributed by atoms with van der Waals surface area (Å²) in [5.41, 5.74) is 1.73. The van der Waals surface area contributed by atoms with Gasteiger partial charge in [-0.3, -0.25) is 4.79 Å². The predicted molar refractivity (Wildman–Crippen MR) is 152 cm³/mol. The first-order valence-corrected chi connectivity index (χ1v) is 12.9. The average molecular weight is 557 g/mol. The second-order valence-corrected chi connectivity index (χ2v) is 10.3. The SMILES string of the molecule is COCCN(CC(=O)N1N=C(c2ccc(OC)cc2OC)CC1c1ccc(OC)c(OC)c1)C(=O)NC(C)(C)C. The Morgan fingerprint density at radius 3 is 2.25 bits per heavy atom. The highest BCUT2D eigenvalue weighted by Gasteiger charge is 2.36. The lowest BCUT2D eigenvalue weighted by atomic mass is 9.97. The van der Waals surface area contributed by atoms with E-state index < -0.39 is 11.6 Å². The van der Waals surface area contributed by atoms with E-state index >= 15 is 0 Å². The second kappa shape index (κ2) is 13.4. The Labute approximate surface area is 236 Å². The summed E-state index contributed by atoms with van der Waals surface area (Å²) in [5.74, 6) is 1.98. The number of hydrazone groups is 1. The summed E-state index contributed by atoms with van der Waals surface area (Å²) >= 11 is 0. The van der Waals surface area contributed by atoms with Crippen molar-refractivity contribution in [2.24, 2.45) is 5.10 Å². The van der Waals surface area contributed by atoms with Crippen LogP contribution < -0.4 is 24.3 Å². The van der Waals surface area contributed by atoms with Crippen molar-refractivity contribution in [1.82, 2.24) is 15.2 Å². The molecule has 1 unspecified atom stereocenters. The summed E-state index contributed by atoms with van der Waals surface area (Å²) in [4.78, 5) is 28.3. The molecule has 3 amide bonds. The number of nitrogens with one attached hydrogen (secondary N) is 1. The first-order valence-electron chi connectivity index (χ1n) is 12.9. The molecule has 11 nitrogen and oxygen atoms in total. The number of nitrogens with zero attached hydrogens (tertiary/aromatic N) is 3. The van der Waals surface area contributed by atoms with E-state index in [1.165, 1.54) is 9.91 Å². The molecule has 1 aliphatic heterocycles. The molecule has 1 heterocycles. The Morgan fingerprint density at radius 1 is 0.950 bits per heavy atom. The van der Waals surface area contributed by atoms with Crippen LogP contribution in [0.1, 0.15) is 44.4 Å². The molecule has 11 heteroatoms. The van der Waals surface area contributed by atoms with Gasteiger partial charge in [0.05, 0.1) is 46.8 Å². The van der Waals surface area contributed by atoms with Crippen molar-refractivity contribution in [1.29, 1.82) is 0 Å². The van der Waals surface area contributed by atoms with Crippen LogP contribution in [0.25, 0.3) is 0 Å². The van der Waals surface area contributed by atoms with Crippen LogP contribution in [-0.2, 0) is 9.53 Å². The third-order valence-electron chi connectivity index (χ3n) is 6.34. The van der Waals surface area contributed by atoms with Gasteiger partial charge in [0.1, 0.15) is 18.0 Å². The fraction of sp³-hybridized carbons (Fsp3) is 0.483. The quantitative estimate of drug-likeness (QED) is 0.448. The maximum absolute atomic E-state index is 13.8. The number of methoxy groups -OCH3 is 5. The van der Waals surface area contributed by atoms with E-state index in [1.807, 2.05) is 45.0 Å². The molecular weight excluding hydrogens is 516 g/mol. The molecule has 3 rings (SSSR count). The van der Waals surface area contributed by atoms with Gasteiger partial charge in [-0.05, 0) is 50.6 Å². The van der Waals surface area contributed by atoms with Gasteiger partial charge in [0.25, 0.3) is 5.91 Å². The van der Waals surface area contributed by atoms with E-state index in [-0.39, 0.29) is 31.6 Å². The summed E-state index contributed by atoms with van der Waals surface area (Å²) in [5, 5.41) is 9.12. The third kappa shape index (κ3) is 7.35. The molecule has 0 radical (unpaired) electrons. The third-order valence-corrected chi connectivity index (χ3v) is 6.34. The van der Waals surface area contributed by atoms with Crippen molar-refractivity contribution < 1.29 is 33.3 Å². The molecule has 0 aromatic heterocycles. The van der Waals surface area contributed by atoms with Gasteiger partial charge in [-0.25, -0.2) is 9.80 Å². The zero-order valence-electron chi connectivity index (χ0n) is 24.6. The van der Waals surface area contributed by atoms with Gasteiger partial charge in [-0.15, -0.1) is 0 Å². The molecule has 1 atom stereocenters. The number of rotatable bonds is 11. The van der Waals surface area contributed by atoms with Crippen LogP contribution in [0.15, 0.2) is 41.5 Å². The van der Waals surface area contributed by atoms with E-state index in [9.17, 15) is 9.59 Å². The highest BCUT2D eigenvalue weighted by molar-refractivity contribution is 6.05. The van der Waals surface area contributed by atoms with Crippen molar-refractivity contribution in [2.45, 2.75) is 38.8 Å². The molecule has 1 aliphatic rings. The number of benzene rings is 2. The van der Waals surface area contributed by atoms with Gasteiger partial charge >= 0.3 is 6.03 Å². The summed E-state index contributed by atoms with van der Waals surface area (Å²) in [6.07, 6.45) is 0.413. The van der Waals surface area contributed by atoms with Crippen LogP contribution in [0.2, 0.25) is 0 Å². The van der Waals surface area contributed by atoms with Gasteiger partial charge in [-0.2, -0.15) is 5.10 Å². The van der Waals surface area contributed by atoms with Crippen LogP contribution in [0.5, 0.6) is 23.0 Å². The molecule has 0 saturated carbocycles. The molecule has 218 valence electrons. The van der Waals surface area contributed by atoms with Gasteiger partial charge in [0.15, 0.2) is 11.5 Å². The van der Waals surface area contributed by atoms with Crippen molar-refractivity contribution in [3.05, 3.63) is 47.5 Å². The number of carbonyl (C=O) groups is 2. The highest BCUT2D eigenvalue weighted by Crippen LogP contribution is 2.39. The van der Waals surface area contributed by atoms with Crippen molar-refractivity contribution in [3.8, 4) is 23.0 Å². The minimum Gasteiger partial charge on any atom is -0.497 e. The zero-order chi connectivity index (χ0) is 29.4. The zero-order valence-corrected chi connectivity index (χ0v) is 24.6. The summed E-state index contributed by atoms with van der Waals surface area (Å²) in [6, 6.07) is 10.1. The van der Waals surface area contributed by atoms with Crippen LogP contribution >= 0.6 is 0 Å². The number of hydrogen-bond donors (Lipinski definition) is 1. The molecule has 1 N–H and O–H groups in total. The van der Waals surface area contributed by atoms with Crippen LogP contribution in [0.3, 0.4) is 0 Å². The largest absolute Gasteiger partial charge is 0.497 e. The first-order chi connectivity index (χ1) is 19.0. The summed E-state index contributed by atoms with van der Waals surface area (Å²) < 4.78 is 27.1. The van der Waals surface area contributed by atoms with Crippen LogP contribution in [0, 0.1) is 0 Å². The number of amides is 3. The molecule has 0 fully saturated rings. The Hall–Kier alpha value is -3.99. The standard InChI is InChI=1S/C29H40N4O7/c1-29(2,3)30-28(35)32(13-14-36-4)18-27(34)33-23(19-9-12-24(38-6)26(15-19)40-8)17-22(31-33)21-11-10-20(37-5)16-25(21)39-7/h9-12,15-16,23H,13-14,17-18H2,1-8H3,(H,30,35). The van der Waals surface area contributed by atoms with Gasteiger partial charge in [0.2, 0.25) is 0 Å². The number of ether oxygens (including phenoxy) is 5. The van der Waals surface area contributed by atoms with E-state index in [2.05, 4.69) is 5.32 Å². The fourth-order valence-electron chi connectivity index (χ4n) is 4.35. The Bertz CT molecular complexity index is 1230. The minimum absolute atomic E-state index is 0.189. The van der Waals surface area contributed by atoms with Crippen LogP contribution in [-0.4, -0.2) is 88.3 Å². The molecule has 0 saturated heterocycles. The first kappa shape index (κ1) is 30.6. The lowest BCUT2D eigenvalue weighted by molar-refractivity contribution is -0.133. The maximum Gasteiger partial charge on any atom is 0.318 e. The Morgan fingerprint density at radius 2 is 1.65 bits per heavy atom.